The molecule has 40 heavy (non-hydrogen) atoms. The molecular formula is C27H24F5N5O2S. The van der Waals surface area contributed by atoms with E-state index in [1.165, 1.54) is 41.1 Å². The van der Waals surface area contributed by atoms with Crippen molar-refractivity contribution in [3.8, 4) is 28.1 Å². The molecule has 0 bridgehead atoms. The normalized spacial score (nSPS) is 13.0. The molecular weight excluding hydrogens is 553 g/mol. The van der Waals surface area contributed by atoms with Crippen molar-refractivity contribution in [2.24, 2.45) is 18.6 Å². The summed E-state index contributed by atoms with van der Waals surface area (Å²) in [7, 11) is 1.51. The van der Waals surface area contributed by atoms with Gasteiger partial charge >= 0.3 is 6.36 Å². The summed E-state index contributed by atoms with van der Waals surface area (Å²) in [5.74, 6) is 6.12. The number of nitrogens with zero attached hydrogens (tertiary/aromatic N) is 3. The molecule has 0 aliphatic heterocycles. The Morgan fingerprint density at radius 1 is 1.05 bits per heavy atom. The quantitative estimate of drug-likeness (QED) is 0.116. The lowest BCUT2D eigenvalue weighted by atomic mass is 9.99. The van der Waals surface area contributed by atoms with Gasteiger partial charge in [-0.2, -0.15) is 5.10 Å². The van der Waals surface area contributed by atoms with Gasteiger partial charge in [0.2, 0.25) is 0 Å². The number of aromatic nitrogens is 2. The number of benzene rings is 3. The summed E-state index contributed by atoms with van der Waals surface area (Å²) in [6.45, 7) is 0. The number of aryl methyl sites for hydroxylation is 1. The van der Waals surface area contributed by atoms with Crippen LogP contribution in [0.15, 0.2) is 83.9 Å². The van der Waals surface area contributed by atoms with E-state index in [2.05, 4.69) is 9.84 Å². The first-order valence-corrected chi connectivity index (χ1v) is 13.2. The first-order valence-electron chi connectivity index (χ1n) is 11.6. The predicted octanol–water partition coefficient (Wildman–Crippen LogP) is 5.97. The average molecular weight is 578 g/mol. The van der Waals surface area contributed by atoms with E-state index < -0.39 is 35.4 Å². The Kier molecular flexibility index (Phi) is 8.37. The molecule has 0 radical (unpaired) electrons. The lowest BCUT2D eigenvalue weighted by molar-refractivity contribution is -0.274. The fourth-order valence-electron chi connectivity index (χ4n) is 4.10. The minimum absolute atomic E-state index is 0.205. The predicted molar refractivity (Wildman–Crippen MR) is 143 cm³/mol. The lowest BCUT2D eigenvalue weighted by Crippen LogP contribution is -2.30. The number of anilines is 1. The van der Waals surface area contributed by atoms with E-state index in [0.717, 1.165) is 17.7 Å². The van der Waals surface area contributed by atoms with Crippen LogP contribution in [0.2, 0.25) is 0 Å². The maximum Gasteiger partial charge on any atom is 0.573 e. The largest absolute Gasteiger partial charge is 0.612 e. The number of alkyl halides is 5. The second-order valence-corrected chi connectivity index (χ2v) is 9.97. The number of hydrazine groups is 1. The Bertz CT molecular complexity index is 1520. The molecule has 0 aliphatic carbocycles. The van der Waals surface area contributed by atoms with Crippen molar-refractivity contribution in [2.75, 3.05) is 11.3 Å². The number of nitrogens with two attached hydrogens (primary N) is 2. The Hall–Kier alpha value is -4.07. The fourth-order valence-corrected chi connectivity index (χ4v) is 4.67. The highest BCUT2D eigenvalue weighted by Crippen LogP contribution is 2.38. The summed E-state index contributed by atoms with van der Waals surface area (Å²) in [5, 5.41) is 5.09. The van der Waals surface area contributed by atoms with Crippen LogP contribution in [0, 0.1) is 0 Å². The number of hydrogen-bond acceptors (Lipinski definition) is 6. The summed E-state index contributed by atoms with van der Waals surface area (Å²) in [4.78, 5) is 0.602. The smallest absolute Gasteiger partial charge is 0.573 e. The van der Waals surface area contributed by atoms with Crippen LogP contribution in [0.4, 0.5) is 27.6 Å². The van der Waals surface area contributed by atoms with Gasteiger partial charge in [0.1, 0.15) is 17.7 Å². The van der Waals surface area contributed by atoms with E-state index in [9.17, 15) is 26.5 Å². The zero-order chi connectivity index (χ0) is 29.2. The molecule has 1 aromatic heterocycles. The van der Waals surface area contributed by atoms with Crippen LogP contribution >= 0.6 is 0 Å². The van der Waals surface area contributed by atoms with E-state index in [4.69, 9.17) is 11.6 Å². The van der Waals surface area contributed by atoms with Crippen molar-refractivity contribution < 1.29 is 31.2 Å². The van der Waals surface area contributed by atoms with Crippen molar-refractivity contribution in [1.82, 2.24) is 9.78 Å². The molecule has 0 fully saturated rings. The molecule has 0 aliphatic rings. The van der Waals surface area contributed by atoms with E-state index in [-0.39, 0.29) is 5.70 Å². The Morgan fingerprint density at radius 3 is 2.30 bits per heavy atom. The third kappa shape index (κ3) is 6.38. The van der Waals surface area contributed by atoms with Gasteiger partial charge in [0.25, 0.3) is 6.43 Å². The lowest BCUT2D eigenvalue weighted by Gasteiger charge is -2.25. The molecule has 4 N–H and O–H groups in total. The minimum Gasteiger partial charge on any atom is -0.612 e. The van der Waals surface area contributed by atoms with Gasteiger partial charge in [-0.15, -0.1) is 13.2 Å². The number of rotatable bonds is 8. The first kappa shape index (κ1) is 28.9. The van der Waals surface area contributed by atoms with Crippen LogP contribution in [-0.2, 0) is 18.2 Å². The molecule has 1 heterocycles. The molecule has 4 rings (SSSR count). The van der Waals surface area contributed by atoms with Crippen LogP contribution in [-0.4, -0.2) is 27.0 Å². The second kappa shape index (κ2) is 11.6. The monoisotopic (exact) mass is 577 g/mol. The van der Waals surface area contributed by atoms with Crippen LogP contribution in [0.25, 0.3) is 28.1 Å². The van der Waals surface area contributed by atoms with E-state index in [1.807, 2.05) is 6.07 Å². The minimum atomic E-state index is -4.86. The number of halogens is 5. The zero-order valence-corrected chi connectivity index (χ0v) is 22.0. The Balaban J connectivity index is 1.83. The summed E-state index contributed by atoms with van der Waals surface area (Å²) < 4.78 is 81.9. The maximum absolute atomic E-state index is 13.4. The molecule has 3 aromatic carbocycles. The highest BCUT2D eigenvalue weighted by molar-refractivity contribution is 7.90. The molecule has 0 saturated heterocycles. The third-order valence-corrected chi connectivity index (χ3v) is 6.87. The van der Waals surface area contributed by atoms with Crippen LogP contribution < -0.4 is 21.3 Å². The summed E-state index contributed by atoms with van der Waals surface area (Å²) in [5.41, 5.74) is 8.53. The van der Waals surface area contributed by atoms with Gasteiger partial charge in [-0.1, -0.05) is 24.3 Å². The maximum atomic E-state index is 13.4. The van der Waals surface area contributed by atoms with Crippen molar-refractivity contribution in [2.45, 2.75) is 17.7 Å². The molecule has 0 spiro atoms. The van der Waals surface area contributed by atoms with E-state index in [1.54, 1.807) is 42.7 Å². The average Bonchev–Trinajstić information content (AvgIpc) is 3.30. The molecule has 1 atom stereocenters. The summed E-state index contributed by atoms with van der Waals surface area (Å²) in [6, 6.07) is 18.4. The highest BCUT2D eigenvalue weighted by Gasteiger charge is 2.31. The topological polar surface area (TPSA) is 105 Å². The van der Waals surface area contributed by atoms with Gasteiger partial charge in [-0.3, -0.25) is 9.69 Å². The van der Waals surface area contributed by atoms with Crippen molar-refractivity contribution in [3.05, 3.63) is 90.3 Å². The van der Waals surface area contributed by atoms with E-state index in [0.29, 0.717) is 33.0 Å². The molecule has 0 amide bonds. The van der Waals surface area contributed by atoms with Gasteiger partial charge in [0, 0.05) is 30.4 Å². The van der Waals surface area contributed by atoms with Crippen LogP contribution in [0.5, 0.6) is 5.75 Å². The Labute approximate surface area is 229 Å². The molecule has 1 unspecified atom stereocenters. The fraction of sp³-hybridized carbons (Fsp3) is 0.148. The standard InChI is InChI=1S/C27H24F5N5O2S/c1-36-23(14-22(35-36)26(28)29)21-11-8-18(17-4-3-5-20(12-17)40(2)38)13-24(21)37(34)25(15-33)16-6-9-19(10-7-16)39-27(30,31)32/h3-15,26H,33-34H2,1-2H3/b25-15-. The van der Waals surface area contributed by atoms with Crippen LogP contribution in [0.3, 0.4) is 0 Å². The number of ether oxygens (including phenoxy) is 1. The van der Waals surface area contributed by atoms with Crippen LogP contribution in [0.1, 0.15) is 17.7 Å². The van der Waals surface area contributed by atoms with Gasteiger partial charge < -0.3 is 15.0 Å². The molecule has 4 aromatic rings. The SMILES string of the molecule is Cn1nc(C(F)F)cc1-c1ccc(-c2cccc([S+](C)[O-])c2)cc1N(N)/C(=C\N)c1ccc(OC(F)(F)F)cc1. The third-order valence-electron chi connectivity index (χ3n) is 5.96. The van der Waals surface area contributed by atoms with E-state index >= 15 is 0 Å². The molecule has 13 heteroatoms. The molecule has 0 saturated carbocycles. The van der Waals surface area contributed by atoms with Crippen molar-refractivity contribution in [3.63, 3.8) is 0 Å². The highest BCUT2D eigenvalue weighted by atomic mass is 32.2. The second-order valence-electron chi connectivity index (χ2n) is 8.59. The number of hydrogen-bond donors (Lipinski definition) is 2. The first-order chi connectivity index (χ1) is 18.9. The zero-order valence-electron chi connectivity index (χ0n) is 21.2. The van der Waals surface area contributed by atoms with Gasteiger partial charge in [0.15, 0.2) is 4.90 Å². The van der Waals surface area contributed by atoms with Crippen molar-refractivity contribution >= 4 is 22.6 Å². The molecule has 7 nitrogen and oxygen atoms in total. The summed E-state index contributed by atoms with van der Waals surface area (Å²) >= 11 is -1.23. The van der Waals surface area contributed by atoms with Gasteiger partial charge in [-0.05, 0) is 64.8 Å². The van der Waals surface area contributed by atoms with Gasteiger partial charge in [-0.25, -0.2) is 14.6 Å². The van der Waals surface area contributed by atoms with Crippen molar-refractivity contribution in [1.29, 1.82) is 0 Å². The Morgan fingerprint density at radius 2 is 1.73 bits per heavy atom. The van der Waals surface area contributed by atoms with Gasteiger partial charge in [0.05, 0.1) is 17.1 Å². The summed E-state index contributed by atoms with van der Waals surface area (Å²) in [6.07, 6.45) is -4.93. The molecule has 210 valence electrons.